The van der Waals surface area contributed by atoms with Crippen molar-refractivity contribution in [3.63, 3.8) is 0 Å². The first kappa shape index (κ1) is 22.6. The molecule has 1 atom stereocenters. The van der Waals surface area contributed by atoms with Crippen LogP contribution in [0.3, 0.4) is 0 Å². The molecule has 1 fully saturated rings. The average molecular weight is 531 g/mol. The Morgan fingerprint density at radius 3 is 2.70 bits per heavy atom. The maximum atomic E-state index is 13.8. The molecule has 0 amide bonds. The summed E-state index contributed by atoms with van der Waals surface area (Å²) in [6.45, 7) is 1.32. The van der Waals surface area contributed by atoms with E-state index in [1.807, 2.05) is 83.8 Å². The highest BCUT2D eigenvalue weighted by atomic mass is 16.6. The molecule has 2 aliphatic rings. The minimum atomic E-state index is -0.684. The number of para-hydroxylation sites is 2. The van der Waals surface area contributed by atoms with Crippen molar-refractivity contribution in [3.05, 3.63) is 107 Å². The molecule has 1 N–H and O–H groups in total. The molecule has 1 saturated heterocycles. The van der Waals surface area contributed by atoms with Crippen molar-refractivity contribution in [2.75, 3.05) is 18.1 Å². The van der Waals surface area contributed by atoms with E-state index in [2.05, 4.69) is 15.2 Å². The molecule has 10 heteroatoms. The van der Waals surface area contributed by atoms with Gasteiger partial charge in [-0.25, -0.2) is 4.98 Å². The lowest BCUT2D eigenvalue weighted by Gasteiger charge is -2.26. The molecule has 0 radical (unpaired) electrons. The quantitative estimate of drug-likeness (QED) is 0.330. The van der Waals surface area contributed by atoms with E-state index in [1.165, 1.54) is 6.20 Å². The minimum absolute atomic E-state index is 0.243. The Kier molecular flexibility index (Phi) is 4.84. The Bertz CT molecular complexity index is 1970. The first-order chi connectivity index (χ1) is 19.7. The van der Waals surface area contributed by atoms with Crippen LogP contribution in [0.25, 0.3) is 27.6 Å². The lowest BCUT2D eigenvalue weighted by Crippen LogP contribution is -2.37. The Morgan fingerprint density at radius 2 is 1.80 bits per heavy atom. The maximum absolute atomic E-state index is 13.8. The molecule has 3 aromatic carbocycles. The van der Waals surface area contributed by atoms with Crippen molar-refractivity contribution in [1.29, 1.82) is 0 Å². The van der Waals surface area contributed by atoms with Crippen LogP contribution in [-0.4, -0.2) is 43.6 Å². The van der Waals surface area contributed by atoms with Crippen molar-refractivity contribution in [1.82, 2.24) is 24.7 Å². The normalized spacial score (nSPS) is 17.4. The summed E-state index contributed by atoms with van der Waals surface area (Å²) in [6, 6.07) is 24.9. The number of aromatic amines is 1. The van der Waals surface area contributed by atoms with E-state index >= 15 is 0 Å². The molecule has 10 nitrogen and oxygen atoms in total. The maximum Gasteiger partial charge on any atom is 0.267 e. The Hall–Kier alpha value is -5.38. The van der Waals surface area contributed by atoms with Gasteiger partial charge >= 0.3 is 0 Å². The molecule has 0 aliphatic carbocycles. The van der Waals surface area contributed by atoms with Crippen molar-refractivity contribution in [3.8, 4) is 22.9 Å². The fourth-order valence-corrected chi connectivity index (χ4v) is 5.16. The van der Waals surface area contributed by atoms with Gasteiger partial charge in [0.15, 0.2) is 17.1 Å². The minimum Gasteiger partial charge on any atom is -0.489 e. The van der Waals surface area contributed by atoms with Crippen LogP contribution < -0.4 is 24.7 Å². The van der Waals surface area contributed by atoms with Crippen molar-refractivity contribution >= 4 is 27.9 Å². The molecular formula is C30H22N6O4. The smallest absolute Gasteiger partial charge is 0.267 e. The second kappa shape index (κ2) is 8.57. The molecule has 2 aliphatic heterocycles. The standard InChI is InChI=1S/C30H22N6O4/c37-28-23-15-32-34-26(23)22-14-31-29(35-17-30(35)18-39-24-11-4-5-12-25(24)40-30)33-27(22)36(28)20-9-6-10-21(13-20)38-16-19-7-2-1-3-8-19/h1-15H,16-18H2,(H,32,34). The van der Waals surface area contributed by atoms with Gasteiger partial charge in [-0.3, -0.25) is 19.4 Å². The average Bonchev–Trinajstić information content (AvgIpc) is 3.44. The number of nitrogens with zero attached hydrogens (tertiary/aromatic N) is 5. The van der Waals surface area contributed by atoms with Gasteiger partial charge in [0.1, 0.15) is 19.0 Å². The molecule has 40 heavy (non-hydrogen) atoms. The number of benzene rings is 3. The van der Waals surface area contributed by atoms with Crippen LogP contribution in [0.15, 0.2) is 96.1 Å². The summed E-state index contributed by atoms with van der Waals surface area (Å²) in [5.74, 6) is 2.47. The van der Waals surface area contributed by atoms with Gasteiger partial charge in [0.05, 0.1) is 34.7 Å². The monoisotopic (exact) mass is 530 g/mol. The predicted octanol–water partition coefficient (Wildman–Crippen LogP) is 4.22. The highest BCUT2D eigenvalue weighted by molar-refractivity contribution is 6.02. The lowest BCUT2D eigenvalue weighted by atomic mass is 10.2. The number of hydrogen-bond acceptors (Lipinski definition) is 8. The zero-order valence-corrected chi connectivity index (χ0v) is 21.2. The molecule has 0 saturated carbocycles. The molecule has 8 rings (SSSR count). The van der Waals surface area contributed by atoms with Crippen LogP contribution in [0.4, 0.5) is 5.95 Å². The number of fused-ring (bicyclic) bond motifs is 4. The summed E-state index contributed by atoms with van der Waals surface area (Å²) in [7, 11) is 0. The second-order valence-corrected chi connectivity index (χ2v) is 9.85. The Balaban J connectivity index is 1.20. The number of nitrogens with one attached hydrogen (secondary N) is 1. The largest absolute Gasteiger partial charge is 0.489 e. The van der Waals surface area contributed by atoms with Crippen molar-refractivity contribution in [2.45, 2.75) is 12.3 Å². The van der Waals surface area contributed by atoms with E-state index in [4.69, 9.17) is 19.2 Å². The summed E-state index contributed by atoms with van der Waals surface area (Å²) >= 11 is 0. The van der Waals surface area contributed by atoms with Gasteiger partial charge in [-0.2, -0.15) is 10.1 Å². The summed E-state index contributed by atoms with van der Waals surface area (Å²) in [5, 5.41) is 8.18. The number of pyridine rings is 1. The third kappa shape index (κ3) is 3.57. The van der Waals surface area contributed by atoms with Gasteiger partial charge in [0.25, 0.3) is 5.56 Å². The Labute approximate surface area is 227 Å². The molecule has 6 aromatic rings. The lowest BCUT2D eigenvalue weighted by molar-refractivity contribution is 0.0758. The van der Waals surface area contributed by atoms with Crippen molar-refractivity contribution in [2.24, 2.45) is 0 Å². The molecule has 5 heterocycles. The first-order valence-corrected chi connectivity index (χ1v) is 12.9. The molecular weight excluding hydrogens is 508 g/mol. The first-order valence-electron chi connectivity index (χ1n) is 12.9. The van der Waals surface area contributed by atoms with Gasteiger partial charge in [-0.05, 0) is 29.8 Å². The number of aromatic nitrogens is 5. The summed E-state index contributed by atoms with van der Waals surface area (Å²) in [4.78, 5) is 25.2. The molecule has 3 aromatic heterocycles. The van der Waals surface area contributed by atoms with Crippen LogP contribution >= 0.6 is 0 Å². The van der Waals surface area contributed by atoms with E-state index < -0.39 is 5.72 Å². The number of ether oxygens (including phenoxy) is 3. The molecule has 0 bridgehead atoms. The second-order valence-electron chi connectivity index (χ2n) is 9.85. The van der Waals surface area contributed by atoms with Gasteiger partial charge in [-0.1, -0.05) is 48.5 Å². The SMILES string of the molecule is O=c1c2cn[nH]c2c2cnc(N3CC34COc3ccccc3O4)nc2n1-c1cccc(OCc2ccccc2)c1. The van der Waals surface area contributed by atoms with Gasteiger partial charge in [0.2, 0.25) is 11.7 Å². The number of hydrogen-bond donors (Lipinski definition) is 1. The van der Waals surface area contributed by atoms with E-state index in [0.717, 1.165) is 5.56 Å². The van der Waals surface area contributed by atoms with Crippen LogP contribution in [-0.2, 0) is 6.61 Å². The number of rotatable bonds is 5. The van der Waals surface area contributed by atoms with Crippen LogP contribution in [0.2, 0.25) is 0 Å². The third-order valence-corrected chi connectivity index (χ3v) is 7.27. The molecule has 1 spiro atoms. The summed E-state index contributed by atoms with van der Waals surface area (Å²) in [5.41, 5.74) is 1.79. The number of anilines is 1. The molecule has 196 valence electrons. The van der Waals surface area contributed by atoms with Crippen LogP contribution in [0.1, 0.15) is 5.56 Å². The zero-order valence-electron chi connectivity index (χ0n) is 21.2. The number of H-pyrrole nitrogens is 1. The van der Waals surface area contributed by atoms with Gasteiger partial charge in [-0.15, -0.1) is 0 Å². The van der Waals surface area contributed by atoms with E-state index in [9.17, 15) is 4.79 Å². The Morgan fingerprint density at radius 1 is 0.950 bits per heavy atom. The zero-order chi connectivity index (χ0) is 26.7. The van der Waals surface area contributed by atoms with Crippen LogP contribution in [0.5, 0.6) is 17.2 Å². The summed E-state index contributed by atoms with van der Waals surface area (Å²) < 4.78 is 19.9. The summed E-state index contributed by atoms with van der Waals surface area (Å²) in [6.07, 6.45) is 3.24. The topological polar surface area (TPSA) is 107 Å². The molecule has 1 unspecified atom stereocenters. The van der Waals surface area contributed by atoms with Crippen LogP contribution in [0, 0.1) is 0 Å². The predicted molar refractivity (Wildman–Crippen MR) is 148 cm³/mol. The van der Waals surface area contributed by atoms with Gasteiger partial charge < -0.3 is 14.2 Å². The fourth-order valence-electron chi connectivity index (χ4n) is 5.16. The van der Waals surface area contributed by atoms with Gasteiger partial charge in [0, 0.05) is 12.3 Å². The fraction of sp³-hybridized carbons (Fsp3) is 0.133. The van der Waals surface area contributed by atoms with Crippen molar-refractivity contribution < 1.29 is 14.2 Å². The van der Waals surface area contributed by atoms with E-state index in [1.54, 1.807) is 10.8 Å². The highest BCUT2D eigenvalue weighted by Gasteiger charge is 2.59. The van der Waals surface area contributed by atoms with E-state index in [-0.39, 0.29) is 5.56 Å². The highest BCUT2D eigenvalue weighted by Crippen LogP contribution is 2.45. The third-order valence-electron chi connectivity index (χ3n) is 7.27. The van der Waals surface area contributed by atoms with E-state index in [0.29, 0.717) is 70.6 Å².